The maximum Gasteiger partial charge on any atom is 0.209 e. The average molecular weight is 279 g/mol. The first-order valence-electron chi connectivity index (χ1n) is 6.16. The molecule has 3 rings (SSSR count). The molecule has 1 aromatic carbocycles. The highest BCUT2D eigenvalue weighted by Crippen LogP contribution is 2.36. The quantitative estimate of drug-likeness (QED) is 0.847. The number of nitrogens with two attached hydrogens (primary N) is 1. The van der Waals surface area contributed by atoms with Crippen LogP contribution in [0.5, 0.6) is 0 Å². The molecule has 1 saturated carbocycles. The Morgan fingerprint density at radius 1 is 1.47 bits per heavy atom. The molecule has 1 aliphatic carbocycles. The highest BCUT2D eigenvalue weighted by Gasteiger charge is 2.28. The fourth-order valence-electron chi connectivity index (χ4n) is 1.83. The Bertz CT molecular complexity index is 569. The van der Waals surface area contributed by atoms with Crippen LogP contribution in [-0.4, -0.2) is 26.0 Å². The van der Waals surface area contributed by atoms with Crippen LogP contribution in [0.15, 0.2) is 29.4 Å². The number of aromatic nitrogens is 4. The number of rotatable bonds is 5. The van der Waals surface area contributed by atoms with E-state index in [9.17, 15) is 4.39 Å². The van der Waals surface area contributed by atoms with E-state index in [1.54, 1.807) is 6.07 Å². The van der Waals surface area contributed by atoms with Gasteiger partial charge in [0.15, 0.2) is 0 Å². The Morgan fingerprint density at radius 3 is 3.05 bits per heavy atom. The number of hydrogen-bond donors (Lipinski definition) is 1. The summed E-state index contributed by atoms with van der Waals surface area (Å²) < 4.78 is 15.0. The normalized spacial score (nSPS) is 16.5. The average Bonchev–Trinajstić information content (AvgIpc) is 3.15. The minimum Gasteiger partial charge on any atom is -0.323 e. The van der Waals surface area contributed by atoms with E-state index in [1.165, 1.54) is 23.9 Å². The van der Waals surface area contributed by atoms with Gasteiger partial charge in [-0.2, -0.15) is 0 Å². The van der Waals surface area contributed by atoms with Gasteiger partial charge in [0, 0.05) is 11.8 Å². The minimum atomic E-state index is -0.263. The molecule has 1 aliphatic rings. The van der Waals surface area contributed by atoms with Gasteiger partial charge in [-0.1, -0.05) is 23.9 Å². The molecule has 1 fully saturated rings. The van der Waals surface area contributed by atoms with E-state index >= 15 is 0 Å². The lowest BCUT2D eigenvalue weighted by Crippen LogP contribution is -2.13. The van der Waals surface area contributed by atoms with Crippen molar-refractivity contribution >= 4 is 11.8 Å². The Hall–Kier alpha value is -1.47. The van der Waals surface area contributed by atoms with Gasteiger partial charge in [0.2, 0.25) is 5.16 Å². The predicted octanol–water partition coefficient (Wildman–Crippen LogP) is 1.94. The fourth-order valence-corrected chi connectivity index (χ4v) is 2.76. The maximum absolute atomic E-state index is 13.1. The summed E-state index contributed by atoms with van der Waals surface area (Å²) in [6.07, 6.45) is 2.27. The van der Waals surface area contributed by atoms with Gasteiger partial charge in [-0.05, 0) is 41.0 Å². The molecule has 2 aromatic rings. The van der Waals surface area contributed by atoms with Crippen molar-refractivity contribution in [1.82, 2.24) is 20.2 Å². The molecule has 1 heterocycles. The largest absolute Gasteiger partial charge is 0.323 e. The summed E-state index contributed by atoms with van der Waals surface area (Å²) in [6, 6.07) is 6.60. The molecule has 19 heavy (non-hydrogen) atoms. The standard InChI is InChI=1S/C12H14FN5S/c13-9-3-1-2-8(6-9)11(14)7-19-12-15-16-17-18(12)10-4-5-10/h1-3,6,10-11H,4-5,7,14H2. The summed E-state index contributed by atoms with van der Waals surface area (Å²) in [7, 11) is 0. The molecule has 1 aromatic heterocycles. The Kier molecular flexibility index (Phi) is 3.48. The fraction of sp³-hybridized carbons (Fsp3) is 0.417. The summed E-state index contributed by atoms with van der Waals surface area (Å²) in [4.78, 5) is 0. The summed E-state index contributed by atoms with van der Waals surface area (Å²) in [5, 5.41) is 12.4. The monoisotopic (exact) mass is 279 g/mol. The van der Waals surface area contributed by atoms with Gasteiger partial charge in [-0.3, -0.25) is 0 Å². The van der Waals surface area contributed by atoms with Gasteiger partial charge in [-0.15, -0.1) is 5.10 Å². The number of hydrogen-bond acceptors (Lipinski definition) is 5. The molecule has 0 spiro atoms. The number of halogens is 1. The molecular weight excluding hydrogens is 265 g/mol. The summed E-state index contributed by atoms with van der Waals surface area (Å²) in [6.45, 7) is 0. The molecular formula is C12H14FN5S. The van der Waals surface area contributed by atoms with E-state index in [4.69, 9.17) is 5.73 Å². The Labute approximate surface area is 114 Å². The number of thioether (sulfide) groups is 1. The van der Waals surface area contributed by atoms with Crippen LogP contribution in [0.25, 0.3) is 0 Å². The third-order valence-electron chi connectivity index (χ3n) is 3.02. The van der Waals surface area contributed by atoms with Gasteiger partial charge in [0.1, 0.15) is 5.82 Å². The van der Waals surface area contributed by atoms with Gasteiger partial charge in [0.25, 0.3) is 0 Å². The zero-order valence-electron chi connectivity index (χ0n) is 10.2. The van der Waals surface area contributed by atoms with Crippen molar-refractivity contribution in [3.63, 3.8) is 0 Å². The van der Waals surface area contributed by atoms with Crippen molar-refractivity contribution in [3.8, 4) is 0 Å². The molecule has 5 nitrogen and oxygen atoms in total. The van der Waals surface area contributed by atoms with Crippen LogP contribution in [0, 0.1) is 5.82 Å². The highest BCUT2D eigenvalue weighted by molar-refractivity contribution is 7.99. The summed E-state index contributed by atoms with van der Waals surface area (Å²) in [5.41, 5.74) is 6.85. The van der Waals surface area contributed by atoms with Gasteiger partial charge >= 0.3 is 0 Å². The van der Waals surface area contributed by atoms with Crippen LogP contribution >= 0.6 is 11.8 Å². The SMILES string of the molecule is NC(CSc1nnnn1C1CC1)c1cccc(F)c1. The molecule has 7 heteroatoms. The van der Waals surface area contributed by atoms with Crippen LogP contribution in [-0.2, 0) is 0 Å². The molecule has 0 aliphatic heterocycles. The lowest BCUT2D eigenvalue weighted by atomic mass is 10.1. The van der Waals surface area contributed by atoms with Gasteiger partial charge in [0.05, 0.1) is 6.04 Å². The Balaban J connectivity index is 1.63. The summed E-state index contributed by atoms with van der Waals surface area (Å²) in [5.74, 6) is 0.358. The minimum absolute atomic E-state index is 0.231. The molecule has 1 atom stereocenters. The first kappa shape index (κ1) is 12.6. The zero-order valence-corrected chi connectivity index (χ0v) is 11.1. The van der Waals surface area contributed by atoms with E-state index in [1.807, 2.05) is 10.7 Å². The van der Waals surface area contributed by atoms with E-state index in [0.29, 0.717) is 11.8 Å². The van der Waals surface area contributed by atoms with Crippen LogP contribution in [0.4, 0.5) is 4.39 Å². The van der Waals surface area contributed by atoms with Crippen molar-refractivity contribution in [2.45, 2.75) is 30.1 Å². The van der Waals surface area contributed by atoms with E-state index in [2.05, 4.69) is 15.5 Å². The molecule has 0 saturated heterocycles. The maximum atomic E-state index is 13.1. The topological polar surface area (TPSA) is 69.6 Å². The van der Waals surface area contributed by atoms with Gasteiger partial charge in [-0.25, -0.2) is 9.07 Å². The zero-order chi connectivity index (χ0) is 13.2. The van der Waals surface area contributed by atoms with Crippen molar-refractivity contribution in [3.05, 3.63) is 35.6 Å². The molecule has 0 amide bonds. The smallest absolute Gasteiger partial charge is 0.209 e. The van der Waals surface area contributed by atoms with Gasteiger partial charge < -0.3 is 5.73 Å². The van der Waals surface area contributed by atoms with E-state index in [0.717, 1.165) is 23.6 Å². The molecule has 2 N–H and O–H groups in total. The number of tetrazole rings is 1. The third kappa shape index (κ3) is 2.93. The number of benzene rings is 1. The van der Waals surface area contributed by atoms with Crippen LogP contribution in [0.2, 0.25) is 0 Å². The molecule has 0 radical (unpaired) electrons. The van der Waals surface area contributed by atoms with E-state index < -0.39 is 0 Å². The lowest BCUT2D eigenvalue weighted by Gasteiger charge is -2.11. The molecule has 0 bridgehead atoms. The first-order valence-corrected chi connectivity index (χ1v) is 7.14. The first-order chi connectivity index (χ1) is 9.24. The second-order valence-corrected chi connectivity index (χ2v) is 5.60. The predicted molar refractivity (Wildman–Crippen MR) is 70.1 cm³/mol. The molecule has 100 valence electrons. The number of nitrogens with zero attached hydrogens (tertiary/aromatic N) is 4. The van der Waals surface area contributed by atoms with Crippen molar-refractivity contribution in [2.75, 3.05) is 5.75 Å². The second-order valence-electron chi connectivity index (χ2n) is 4.61. The van der Waals surface area contributed by atoms with Crippen molar-refractivity contribution in [2.24, 2.45) is 5.73 Å². The third-order valence-corrected chi connectivity index (χ3v) is 4.08. The van der Waals surface area contributed by atoms with Crippen LogP contribution in [0.1, 0.15) is 30.5 Å². The lowest BCUT2D eigenvalue weighted by molar-refractivity contribution is 0.565. The van der Waals surface area contributed by atoms with Crippen molar-refractivity contribution < 1.29 is 4.39 Å². The van der Waals surface area contributed by atoms with Crippen LogP contribution < -0.4 is 5.73 Å². The molecule has 1 unspecified atom stereocenters. The van der Waals surface area contributed by atoms with Crippen molar-refractivity contribution in [1.29, 1.82) is 0 Å². The second kappa shape index (κ2) is 5.26. The van der Waals surface area contributed by atoms with Crippen LogP contribution in [0.3, 0.4) is 0 Å². The highest BCUT2D eigenvalue weighted by atomic mass is 32.2. The van der Waals surface area contributed by atoms with E-state index in [-0.39, 0.29) is 11.9 Å². The Morgan fingerprint density at radius 2 is 2.32 bits per heavy atom. The summed E-state index contributed by atoms with van der Waals surface area (Å²) >= 11 is 1.51.